The van der Waals surface area contributed by atoms with Crippen molar-refractivity contribution >= 4 is 0 Å². The third-order valence-electron chi connectivity index (χ3n) is 4.34. The first kappa shape index (κ1) is 15.8. The average molecular weight is 265 g/mol. The Morgan fingerprint density at radius 2 is 1.83 bits per heavy atom. The first-order valence-electron chi connectivity index (χ1n) is 7.17. The van der Waals surface area contributed by atoms with Crippen LogP contribution < -0.4 is 5.32 Å². The summed E-state index contributed by atoms with van der Waals surface area (Å²) in [6, 6.07) is 0.191. The van der Waals surface area contributed by atoms with Crippen LogP contribution in [0.5, 0.6) is 0 Å². The van der Waals surface area contributed by atoms with Crippen LogP contribution >= 0.6 is 0 Å². The van der Waals surface area contributed by atoms with Crippen LogP contribution in [0.4, 0.5) is 13.2 Å². The topological polar surface area (TPSA) is 12.0 Å². The number of nitrogens with one attached hydrogen (secondary N) is 1. The molecule has 1 fully saturated rings. The van der Waals surface area contributed by atoms with Crippen LogP contribution in [0.25, 0.3) is 0 Å². The summed E-state index contributed by atoms with van der Waals surface area (Å²) in [4.78, 5) is 0. The molecule has 0 saturated heterocycles. The van der Waals surface area contributed by atoms with Gasteiger partial charge in [0.05, 0.1) is 0 Å². The predicted molar refractivity (Wildman–Crippen MR) is 68.6 cm³/mol. The first-order chi connectivity index (χ1) is 8.37. The molecule has 0 aromatic rings. The van der Waals surface area contributed by atoms with Crippen LogP contribution in [0, 0.1) is 5.41 Å². The van der Waals surface area contributed by atoms with E-state index < -0.39 is 12.6 Å². The highest BCUT2D eigenvalue weighted by molar-refractivity contribution is 4.86. The summed E-state index contributed by atoms with van der Waals surface area (Å²) in [7, 11) is 0. The molecule has 0 amide bonds. The van der Waals surface area contributed by atoms with E-state index >= 15 is 0 Å². The minimum atomic E-state index is -4.00. The minimum Gasteiger partial charge on any atom is -0.314 e. The first-order valence-corrected chi connectivity index (χ1v) is 7.17. The zero-order valence-electron chi connectivity index (χ0n) is 11.6. The van der Waals surface area contributed by atoms with Crippen LogP contribution in [-0.4, -0.2) is 18.8 Å². The SMILES string of the molecule is CCC1(CNC(C)CCCC(F)(F)F)CCCC1. The quantitative estimate of drug-likeness (QED) is 0.705. The van der Waals surface area contributed by atoms with Gasteiger partial charge in [-0.3, -0.25) is 0 Å². The lowest BCUT2D eigenvalue weighted by Gasteiger charge is -2.29. The van der Waals surface area contributed by atoms with Crippen molar-refractivity contribution < 1.29 is 13.2 Å². The molecule has 1 aliphatic carbocycles. The Bertz CT molecular complexity index is 232. The van der Waals surface area contributed by atoms with Crippen molar-refractivity contribution in [2.24, 2.45) is 5.41 Å². The third kappa shape index (κ3) is 5.59. The molecule has 0 aliphatic heterocycles. The van der Waals surface area contributed by atoms with Crippen LogP contribution in [0.1, 0.15) is 65.2 Å². The highest BCUT2D eigenvalue weighted by Crippen LogP contribution is 2.40. The van der Waals surface area contributed by atoms with E-state index in [1.54, 1.807) is 0 Å². The van der Waals surface area contributed by atoms with E-state index in [1.165, 1.54) is 32.1 Å². The standard InChI is InChI=1S/C14H26F3N/c1-3-13(8-4-5-9-13)11-18-12(2)7-6-10-14(15,16)17/h12,18H,3-11H2,1-2H3. The molecule has 18 heavy (non-hydrogen) atoms. The summed E-state index contributed by atoms with van der Waals surface area (Å²) in [5, 5.41) is 3.44. The fourth-order valence-corrected chi connectivity index (χ4v) is 2.88. The molecule has 4 heteroatoms. The number of halogens is 3. The van der Waals surface area contributed by atoms with Gasteiger partial charge in [-0.05, 0) is 44.4 Å². The maximum atomic E-state index is 12.0. The van der Waals surface area contributed by atoms with E-state index in [-0.39, 0.29) is 12.5 Å². The summed E-state index contributed by atoms with van der Waals surface area (Å²) in [5.74, 6) is 0. The Hall–Kier alpha value is -0.250. The lowest BCUT2D eigenvalue weighted by molar-refractivity contribution is -0.135. The van der Waals surface area contributed by atoms with Gasteiger partial charge in [0, 0.05) is 19.0 Å². The smallest absolute Gasteiger partial charge is 0.314 e. The molecule has 1 aliphatic rings. The molecular weight excluding hydrogens is 239 g/mol. The predicted octanol–water partition coefficient (Wildman–Crippen LogP) is 4.67. The van der Waals surface area contributed by atoms with Crippen molar-refractivity contribution in [1.82, 2.24) is 5.32 Å². The summed E-state index contributed by atoms with van der Waals surface area (Å²) < 4.78 is 36.1. The van der Waals surface area contributed by atoms with Gasteiger partial charge in [-0.15, -0.1) is 0 Å². The Labute approximate surface area is 109 Å². The maximum Gasteiger partial charge on any atom is 0.389 e. The lowest BCUT2D eigenvalue weighted by atomic mass is 9.83. The van der Waals surface area contributed by atoms with Crippen molar-refractivity contribution in [2.45, 2.75) is 77.4 Å². The lowest BCUT2D eigenvalue weighted by Crippen LogP contribution is -2.37. The second kappa shape index (κ2) is 6.78. The van der Waals surface area contributed by atoms with Gasteiger partial charge in [0.25, 0.3) is 0 Å². The minimum absolute atomic E-state index is 0.191. The van der Waals surface area contributed by atoms with Gasteiger partial charge in [0.15, 0.2) is 0 Å². The van der Waals surface area contributed by atoms with E-state index in [0.29, 0.717) is 11.8 Å². The van der Waals surface area contributed by atoms with Gasteiger partial charge >= 0.3 is 6.18 Å². The number of rotatable bonds is 7. The van der Waals surface area contributed by atoms with Gasteiger partial charge in [0.1, 0.15) is 0 Å². The largest absolute Gasteiger partial charge is 0.389 e. The molecule has 0 heterocycles. The molecule has 0 spiro atoms. The van der Waals surface area contributed by atoms with E-state index in [2.05, 4.69) is 12.2 Å². The molecule has 1 N–H and O–H groups in total. The van der Waals surface area contributed by atoms with E-state index in [9.17, 15) is 13.2 Å². The average Bonchev–Trinajstić information content (AvgIpc) is 2.74. The second-order valence-corrected chi connectivity index (χ2v) is 5.85. The molecule has 1 unspecified atom stereocenters. The Balaban J connectivity index is 2.18. The van der Waals surface area contributed by atoms with Crippen molar-refractivity contribution in [3.8, 4) is 0 Å². The number of hydrogen-bond donors (Lipinski definition) is 1. The second-order valence-electron chi connectivity index (χ2n) is 5.85. The highest BCUT2D eigenvalue weighted by atomic mass is 19.4. The Morgan fingerprint density at radius 3 is 2.33 bits per heavy atom. The van der Waals surface area contributed by atoms with Gasteiger partial charge in [0.2, 0.25) is 0 Å². The maximum absolute atomic E-state index is 12.0. The number of alkyl halides is 3. The molecular formula is C14H26F3N. The van der Waals surface area contributed by atoms with E-state index in [0.717, 1.165) is 6.54 Å². The Kier molecular flexibility index (Phi) is 5.96. The molecule has 1 saturated carbocycles. The molecule has 1 nitrogen and oxygen atoms in total. The normalized spacial score (nSPS) is 21.2. The Morgan fingerprint density at radius 1 is 1.22 bits per heavy atom. The molecule has 1 atom stereocenters. The highest BCUT2D eigenvalue weighted by Gasteiger charge is 2.32. The van der Waals surface area contributed by atoms with Crippen LogP contribution in [-0.2, 0) is 0 Å². The summed E-state index contributed by atoms with van der Waals surface area (Å²) in [6.07, 6.45) is 2.51. The summed E-state index contributed by atoms with van der Waals surface area (Å²) in [5.41, 5.74) is 0.415. The van der Waals surface area contributed by atoms with Crippen LogP contribution in [0.3, 0.4) is 0 Å². The zero-order valence-corrected chi connectivity index (χ0v) is 11.6. The zero-order chi connectivity index (χ0) is 13.6. The van der Waals surface area contributed by atoms with Crippen molar-refractivity contribution in [1.29, 1.82) is 0 Å². The summed E-state index contributed by atoms with van der Waals surface area (Å²) in [6.45, 7) is 5.19. The van der Waals surface area contributed by atoms with Crippen LogP contribution in [0.2, 0.25) is 0 Å². The molecule has 0 aromatic heterocycles. The van der Waals surface area contributed by atoms with Gasteiger partial charge in [-0.25, -0.2) is 0 Å². The molecule has 0 aromatic carbocycles. The fourth-order valence-electron chi connectivity index (χ4n) is 2.88. The van der Waals surface area contributed by atoms with Crippen LogP contribution in [0.15, 0.2) is 0 Å². The van der Waals surface area contributed by atoms with Gasteiger partial charge < -0.3 is 5.32 Å². The van der Waals surface area contributed by atoms with Crippen molar-refractivity contribution in [2.75, 3.05) is 6.54 Å². The number of hydrogen-bond acceptors (Lipinski definition) is 1. The van der Waals surface area contributed by atoms with Crippen molar-refractivity contribution in [3.63, 3.8) is 0 Å². The third-order valence-corrected chi connectivity index (χ3v) is 4.34. The fraction of sp³-hybridized carbons (Fsp3) is 1.00. The van der Waals surface area contributed by atoms with E-state index in [1.807, 2.05) is 6.92 Å². The molecule has 1 rings (SSSR count). The summed E-state index contributed by atoms with van der Waals surface area (Å²) >= 11 is 0. The molecule has 0 bridgehead atoms. The van der Waals surface area contributed by atoms with Gasteiger partial charge in [-0.1, -0.05) is 19.8 Å². The van der Waals surface area contributed by atoms with Crippen molar-refractivity contribution in [3.05, 3.63) is 0 Å². The monoisotopic (exact) mass is 265 g/mol. The van der Waals surface area contributed by atoms with Gasteiger partial charge in [-0.2, -0.15) is 13.2 Å². The molecule has 108 valence electrons. The van der Waals surface area contributed by atoms with E-state index in [4.69, 9.17) is 0 Å². The molecule has 0 radical (unpaired) electrons.